The second-order valence-corrected chi connectivity index (χ2v) is 3.69. The normalized spacial score (nSPS) is 14.7. The predicted octanol–water partition coefficient (Wildman–Crippen LogP) is 0.122. The zero-order valence-corrected chi connectivity index (χ0v) is 9.30. The van der Waals surface area contributed by atoms with Gasteiger partial charge in [0, 0.05) is 20.9 Å². The van der Waals surface area contributed by atoms with Crippen LogP contribution in [-0.4, -0.2) is 16.4 Å². The van der Waals surface area contributed by atoms with E-state index in [2.05, 4.69) is 0 Å². The molecule has 0 fully saturated rings. The second kappa shape index (κ2) is 4.73. The van der Waals surface area contributed by atoms with Gasteiger partial charge in [-0.05, 0) is 6.85 Å². The van der Waals surface area contributed by atoms with Gasteiger partial charge in [-0.15, -0.1) is 0 Å². The fourth-order valence-corrected chi connectivity index (χ4v) is 1.97. The summed E-state index contributed by atoms with van der Waals surface area (Å²) in [6.45, 7) is -2.54. The van der Waals surface area contributed by atoms with Crippen LogP contribution in [0.2, 0.25) is 0 Å². The van der Waals surface area contributed by atoms with Gasteiger partial charge in [-0.25, -0.2) is 9.59 Å². The molecule has 0 aliphatic rings. The molecule has 1 heterocycles. The minimum atomic E-state index is -2.54. The highest BCUT2D eigenvalue weighted by Crippen LogP contribution is 2.09. The van der Waals surface area contributed by atoms with E-state index in [-0.39, 0.29) is 17.1 Å². The summed E-state index contributed by atoms with van der Waals surface area (Å²) in [6.07, 6.45) is -0.360. The number of carbonyl (C=O) groups excluding carboxylic acids is 2. The fraction of sp³-hybridized carbons (Fsp3) is 0.214. The molecule has 0 aliphatic heterocycles. The first kappa shape index (κ1) is 8.49. The van der Waals surface area contributed by atoms with Gasteiger partial charge in [-0.3, -0.25) is 0 Å². The summed E-state index contributed by atoms with van der Waals surface area (Å²) >= 11 is 0. The number of fused-ring (bicyclic) bond motifs is 1. The maximum Gasteiger partial charge on any atom is 0.151 e. The van der Waals surface area contributed by atoms with Crippen molar-refractivity contribution in [3.05, 3.63) is 35.0 Å². The first-order chi connectivity index (χ1) is 9.95. The van der Waals surface area contributed by atoms with Crippen molar-refractivity contribution in [2.45, 2.75) is 19.3 Å². The SMILES string of the molecule is [2H]C([2H])([2H])[C@@H](CC#N)n1c(=C=O)c2ccccc2c1=C=O. The largest absolute Gasteiger partial charge is 0.318 e. The molecule has 0 aliphatic carbocycles. The van der Waals surface area contributed by atoms with Gasteiger partial charge >= 0.3 is 0 Å². The Bertz CT molecular complexity index is 838. The van der Waals surface area contributed by atoms with E-state index in [0.717, 1.165) is 4.57 Å². The summed E-state index contributed by atoms with van der Waals surface area (Å²) in [5.74, 6) is 3.36. The number of hydrogen-bond acceptors (Lipinski definition) is 3. The highest BCUT2D eigenvalue weighted by atomic mass is 16.1. The van der Waals surface area contributed by atoms with Crippen molar-refractivity contribution in [2.75, 3.05) is 0 Å². The molecule has 0 amide bonds. The summed E-state index contributed by atoms with van der Waals surface area (Å²) in [4.78, 5) is 22.5. The Balaban J connectivity index is 3.03. The van der Waals surface area contributed by atoms with Crippen LogP contribution in [0, 0.1) is 11.3 Å². The molecule has 1 aromatic heterocycles. The van der Waals surface area contributed by atoms with Gasteiger partial charge in [0.25, 0.3) is 0 Å². The Morgan fingerprint density at radius 3 is 2.22 bits per heavy atom. The summed E-state index contributed by atoms with van der Waals surface area (Å²) in [7, 11) is 0. The smallest absolute Gasteiger partial charge is 0.151 e. The average molecular weight is 241 g/mol. The maximum absolute atomic E-state index is 11.3. The third kappa shape index (κ3) is 1.65. The zero-order valence-electron chi connectivity index (χ0n) is 12.3. The summed E-state index contributed by atoms with van der Waals surface area (Å²) in [6, 6.07) is 6.99. The van der Waals surface area contributed by atoms with Crippen LogP contribution in [0.25, 0.3) is 10.8 Å². The summed E-state index contributed by atoms with van der Waals surface area (Å²) < 4.78 is 23.7. The number of nitrogens with zero attached hydrogens (tertiary/aromatic N) is 2. The quantitative estimate of drug-likeness (QED) is 0.750. The molecule has 0 saturated heterocycles. The van der Waals surface area contributed by atoms with Crippen molar-refractivity contribution in [3.8, 4) is 6.07 Å². The van der Waals surface area contributed by atoms with Gasteiger partial charge in [0.2, 0.25) is 0 Å². The van der Waals surface area contributed by atoms with E-state index in [0.29, 0.717) is 10.8 Å². The molecular formula is C14H10N2O2. The molecule has 0 N–H and O–H groups in total. The molecule has 0 unspecified atom stereocenters. The minimum Gasteiger partial charge on any atom is -0.318 e. The lowest BCUT2D eigenvalue weighted by molar-refractivity contribution is 0.523. The Hall–Kier alpha value is -2.59. The van der Waals surface area contributed by atoms with Crippen LogP contribution in [0.5, 0.6) is 0 Å². The number of hydrogen-bond donors (Lipinski definition) is 0. The average Bonchev–Trinajstić information content (AvgIpc) is 2.76. The molecule has 4 nitrogen and oxygen atoms in total. The van der Waals surface area contributed by atoms with E-state index in [1.165, 1.54) is 0 Å². The van der Waals surface area contributed by atoms with Crippen LogP contribution in [0.3, 0.4) is 0 Å². The van der Waals surface area contributed by atoms with Crippen molar-refractivity contribution in [1.82, 2.24) is 4.57 Å². The van der Waals surface area contributed by atoms with E-state index >= 15 is 0 Å². The van der Waals surface area contributed by atoms with Gasteiger partial charge in [0.15, 0.2) is 11.9 Å². The Morgan fingerprint density at radius 1 is 1.28 bits per heavy atom. The van der Waals surface area contributed by atoms with E-state index in [4.69, 9.17) is 9.37 Å². The molecule has 0 saturated carbocycles. The standard InChI is InChI=1S/C14H10N2O2/c1-10(6-7-15)16-13(8-17)11-4-2-3-5-12(11)14(16)9-18/h2-5,10H,6H2,1H3/t10-/m0/s1/i1D3. The van der Waals surface area contributed by atoms with E-state index in [1.54, 1.807) is 42.2 Å². The Morgan fingerprint density at radius 2 is 1.83 bits per heavy atom. The van der Waals surface area contributed by atoms with Crippen LogP contribution in [0.4, 0.5) is 0 Å². The third-order valence-corrected chi connectivity index (χ3v) is 2.71. The Kier molecular flexibility index (Phi) is 2.23. The van der Waals surface area contributed by atoms with Gasteiger partial charge in [0.1, 0.15) is 10.7 Å². The molecule has 88 valence electrons. The molecule has 18 heavy (non-hydrogen) atoms. The van der Waals surface area contributed by atoms with Crippen molar-refractivity contribution in [3.63, 3.8) is 0 Å². The van der Waals surface area contributed by atoms with Crippen LogP contribution in [0.1, 0.15) is 23.4 Å². The molecule has 0 radical (unpaired) electrons. The van der Waals surface area contributed by atoms with Crippen molar-refractivity contribution in [2.24, 2.45) is 0 Å². The molecule has 2 rings (SSSR count). The van der Waals surface area contributed by atoms with Crippen LogP contribution in [-0.2, 0) is 9.59 Å². The second-order valence-electron chi connectivity index (χ2n) is 3.69. The zero-order chi connectivity index (χ0) is 15.6. The third-order valence-electron chi connectivity index (χ3n) is 2.71. The molecule has 1 atom stereocenters. The number of benzene rings is 1. The molecule has 1 aromatic carbocycles. The predicted molar refractivity (Wildman–Crippen MR) is 65.7 cm³/mol. The van der Waals surface area contributed by atoms with Crippen molar-refractivity contribution < 1.29 is 13.7 Å². The van der Waals surface area contributed by atoms with E-state index in [1.807, 2.05) is 0 Å². The lowest BCUT2D eigenvalue weighted by atomic mass is 10.2. The van der Waals surface area contributed by atoms with Crippen LogP contribution >= 0.6 is 0 Å². The van der Waals surface area contributed by atoms with Gasteiger partial charge in [-0.2, -0.15) is 5.26 Å². The monoisotopic (exact) mass is 241 g/mol. The molecule has 2 aromatic rings. The fourth-order valence-electron chi connectivity index (χ4n) is 1.97. The lowest BCUT2D eigenvalue weighted by Crippen LogP contribution is -2.31. The minimum absolute atomic E-state index is 0.0553. The number of rotatable bonds is 2. The number of nitriles is 1. The van der Waals surface area contributed by atoms with Gasteiger partial charge in [-0.1, -0.05) is 24.3 Å². The lowest BCUT2D eigenvalue weighted by Gasteiger charge is -2.08. The highest BCUT2D eigenvalue weighted by molar-refractivity contribution is 5.88. The van der Waals surface area contributed by atoms with Crippen molar-refractivity contribution >= 4 is 22.7 Å². The van der Waals surface area contributed by atoms with Gasteiger partial charge < -0.3 is 4.57 Å². The summed E-state index contributed by atoms with van der Waals surface area (Å²) in [5, 5.41) is 9.57. The van der Waals surface area contributed by atoms with E-state index in [9.17, 15) is 9.59 Å². The van der Waals surface area contributed by atoms with Crippen molar-refractivity contribution in [1.29, 1.82) is 5.26 Å². The first-order valence-electron chi connectivity index (χ1n) is 6.72. The summed E-state index contributed by atoms with van der Waals surface area (Å²) in [5.41, 5.74) is 0. The molecule has 0 spiro atoms. The molecular weight excluding hydrogens is 228 g/mol. The Labute approximate surface area is 107 Å². The molecule has 4 heteroatoms. The van der Waals surface area contributed by atoms with E-state index < -0.39 is 12.9 Å². The first-order valence-corrected chi connectivity index (χ1v) is 5.22. The highest BCUT2D eigenvalue weighted by Gasteiger charge is 2.13. The number of aromatic nitrogens is 1. The van der Waals surface area contributed by atoms with Crippen LogP contribution < -0.4 is 10.7 Å². The maximum atomic E-state index is 11.3. The molecule has 0 bridgehead atoms. The topological polar surface area (TPSA) is 62.9 Å². The van der Waals surface area contributed by atoms with Gasteiger partial charge in [0.05, 0.1) is 12.5 Å². The van der Waals surface area contributed by atoms with Crippen LogP contribution in [0.15, 0.2) is 24.3 Å².